The molecule has 0 aliphatic rings. The summed E-state index contributed by atoms with van der Waals surface area (Å²) in [6.07, 6.45) is 1.43. The summed E-state index contributed by atoms with van der Waals surface area (Å²) in [5.74, 6) is 0. The van der Waals surface area contributed by atoms with Gasteiger partial charge in [-0.25, -0.2) is 0 Å². The molecule has 0 radical (unpaired) electrons. The molecule has 0 amide bonds. The number of rotatable bonds is 2. The fourth-order valence-electron chi connectivity index (χ4n) is 0.204. The van der Waals surface area contributed by atoms with Crippen LogP contribution < -0.4 is 34.7 Å². The molecule has 1 nitrogen and oxygen atoms in total. The molecule has 0 aliphatic heterocycles. The van der Waals surface area contributed by atoms with Crippen LogP contribution in [0.3, 0.4) is 0 Å². The monoisotopic (exact) mass is 126 g/mol. The van der Waals surface area contributed by atoms with Crippen molar-refractivity contribution in [3.63, 3.8) is 0 Å². The van der Waals surface area contributed by atoms with Crippen molar-refractivity contribution in [2.45, 2.75) is 19.8 Å². The Balaban J connectivity index is 0. The van der Waals surface area contributed by atoms with Crippen molar-refractivity contribution in [3.05, 3.63) is 0 Å². The quantitative estimate of drug-likeness (QED) is 0.301. The van der Waals surface area contributed by atoms with E-state index in [-0.39, 0.29) is 34.6 Å². The molecule has 0 atom stereocenters. The first kappa shape index (κ1) is 10.8. The second kappa shape index (κ2) is 6.89. The molecule has 0 heterocycles. The van der Waals surface area contributed by atoms with Gasteiger partial charge in [-0.05, 0) is 6.42 Å². The zero-order chi connectivity index (χ0) is 4.99. The van der Waals surface area contributed by atoms with Crippen LogP contribution >= 0.6 is 12.2 Å². The van der Waals surface area contributed by atoms with Crippen LogP contribution in [-0.2, 0) is 0 Å². The van der Waals surface area contributed by atoms with Crippen molar-refractivity contribution in [1.82, 2.24) is 0 Å². The van der Waals surface area contributed by atoms with Gasteiger partial charge in [0.05, 0.1) is 0 Å². The maximum atomic E-state index is 9.86. The third-order valence-corrected chi connectivity index (χ3v) is 0.658. The Hall–Kier alpha value is 0.890. The average molecular weight is 126 g/mol. The molecule has 0 aromatic carbocycles. The molecule has 3 heteroatoms. The summed E-state index contributed by atoms with van der Waals surface area (Å²) in [7, 11) is 0. The van der Waals surface area contributed by atoms with Crippen molar-refractivity contribution >= 4 is 17.3 Å². The van der Waals surface area contributed by atoms with Gasteiger partial charge in [-0.2, -0.15) is 0 Å². The van der Waals surface area contributed by atoms with E-state index < -0.39 is 0 Å². The van der Waals surface area contributed by atoms with Crippen molar-refractivity contribution in [2.24, 2.45) is 0 Å². The Morgan fingerprint density at radius 3 is 2.14 bits per heavy atom. The summed E-state index contributed by atoms with van der Waals surface area (Å²) >= 11 is 4.24. The van der Waals surface area contributed by atoms with Gasteiger partial charge >= 0.3 is 29.6 Å². The van der Waals surface area contributed by atoms with E-state index in [1.54, 1.807) is 0 Å². The van der Waals surface area contributed by atoms with E-state index in [1.165, 1.54) is 0 Å². The topological polar surface area (TPSA) is 23.1 Å². The van der Waals surface area contributed by atoms with Gasteiger partial charge in [-0.15, -0.1) is 12.2 Å². The first-order chi connectivity index (χ1) is 2.77. The van der Waals surface area contributed by atoms with Gasteiger partial charge in [0.15, 0.2) is 0 Å². The number of thiocarbonyl (C=S) groups is 1. The molecule has 0 aromatic rings. The number of hydrogen-bond donors (Lipinski definition) is 0. The van der Waals surface area contributed by atoms with Crippen molar-refractivity contribution < 1.29 is 34.7 Å². The molecule has 0 saturated carbocycles. The van der Waals surface area contributed by atoms with Crippen molar-refractivity contribution in [3.8, 4) is 0 Å². The predicted molar refractivity (Wildman–Crippen MR) is 27.5 cm³/mol. The van der Waals surface area contributed by atoms with E-state index in [4.69, 9.17) is 0 Å². The average Bonchev–Trinajstić information content (AvgIpc) is 1.35. The van der Waals surface area contributed by atoms with E-state index in [1.807, 2.05) is 6.92 Å². The molecule has 0 rings (SSSR count). The fourth-order valence-corrected chi connectivity index (χ4v) is 0.408. The maximum Gasteiger partial charge on any atom is 1.00 e. The largest absolute Gasteiger partial charge is 1.00 e. The molecule has 0 N–H and O–H groups in total. The van der Waals surface area contributed by atoms with Crippen LogP contribution in [0.5, 0.6) is 0 Å². The van der Waals surface area contributed by atoms with Crippen LogP contribution in [0.1, 0.15) is 19.8 Å². The molecule has 0 fully saturated rings. The zero-order valence-corrected chi connectivity index (χ0v) is 7.55. The normalized spacial score (nSPS) is 7.00. The summed E-state index contributed by atoms with van der Waals surface area (Å²) < 4.78 is 0. The van der Waals surface area contributed by atoms with Crippen LogP contribution in [-0.4, -0.2) is 5.05 Å². The second-order valence-electron chi connectivity index (χ2n) is 1.12. The van der Waals surface area contributed by atoms with Crippen LogP contribution in [0, 0.1) is 0 Å². The van der Waals surface area contributed by atoms with E-state index in [2.05, 4.69) is 12.2 Å². The Kier molecular flexibility index (Phi) is 10.6. The van der Waals surface area contributed by atoms with Gasteiger partial charge in [0, 0.05) is 0 Å². The van der Waals surface area contributed by atoms with E-state index >= 15 is 0 Å². The third kappa shape index (κ3) is 10.9. The first-order valence-electron chi connectivity index (χ1n) is 1.97. The molecular weight excluding hydrogens is 119 g/mol. The van der Waals surface area contributed by atoms with Gasteiger partial charge < -0.3 is 5.11 Å². The molecule has 0 aromatic heterocycles. The fraction of sp³-hybridized carbons (Fsp3) is 0.750. The van der Waals surface area contributed by atoms with Crippen LogP contribution in [0.4, 0.5) is 0 Å². The maximum absolute atomic E-state index is 9.86. The minimum absolute atomic E-state index is 0. The second-order valence-corrected chi connectivity index (χ2v) is 1.58. The summed E-state index contributed by atoms with van der Waals surface area (Å²) in [5.41, 5.74) is 0. The summed E-state index contributed by atoms with van der Waals surface area (Å²) in [5, 5.41) is 9.73. The van der Waals surface area contributed by atoms with Crippen LogP contribution in [0.25, 0.3) is 0 Å². The van der Waals surface area contributed by atoms with Crippen molar-refractivity contribution in [1.29, 1.82) is 0 Å². The van der Waals surface area contributed by atoms with Gasteiger partial charge in [-0.1, -0.05) is 18.4 Å². The Labute approximate surface area is 71.4 Å². The summed E-state index contributed by atoms with van der Waals surface area (Å²) in [4.78, 5) is 0. The Morgan fingerprint density at radius 2 is 2.14 bits per heavy atom. The van der Waals surface area contributed by atoms with Crippen molar-refractivity contribution in [2.75, 3.05) is 0 Å². The van der Waals surface area contributed by atoms with E-state index in [0.717, 1.165) is 6.42 Å². The SMILES string of the molecule is CCCC([O-])=S.[Na+]. The summed E-state index contributed by atoms with van der Waals surface area (Å²) in [6.45, 7) is 1.93. The van der Waals surface area contributed by atoms with E-state index in [9.17, 15) is 5.11 Å². The van der Waals surface area contributed by atoms with Crippen LogP contribution in [0.15, 0.2) is 0 Å². The molecule has 0 spiro atoms. The Morgan fingerprint density at radius 1 is 1.71 bits per heavy atom. The molecule has 0 aliphatic carbocycles. The molecule has 0 unspecified atom stereocenters. The van der Waals surface area contributed by atoms with Gasteiger partial charge in [-0.3, -0.25) is 0 Å². The molecule has 7 heavy (non-hydrogen) atoms. The van der Waals surface area contributed by atoms with Crippen LogP contribution in [0.2, 0.25) is 0 Å². The zero-order valence-electron chi connectivity index (χ0n) is 4.73. The van der Waals surface area contributed by atoms with Gasteiger partial charge in [0.2, 0.25) is 0 Å². The predicted octanol–water partition coefficient (Wildman–Crippen LogP) is -2.52. The third-order valence-electron chi connectivity index (χ3n) is 0.454. The first-order valence-corrected chi connectivity index (χ1v) is 2.38. The molecule has 0 saturated heterocycles. The smallest absolute Gasteiger partial charge is 0.867 e. The molecule has 0 bridgehead atoms. The standard InChI is InChI=1S/C4H8OS.Na/c1-2-3-4(5)6;/h2-3H2,1H3,(H,5,6);/q;+1/p-1. The van der Waals surface area contributed by atoms with Gasteiger partial charge in [0.25, 0.3) is 0 Å². The molecule has 36 valence electrons. The van der Waals surface area contributed by atoms with E-state index in [0.29, 0.717) is 6.42 Å². The Bertz CT molecular complexity index is 55.7. The summed E-state index contributed by atoms with van der Waals surface area (Å²) in [6, 6.07) is 0. The number of hydrogen-bond acceptors (Lipinski definition) is 2. The molecular formula is C4H7NaOS. The minimum atomic E-state index is -0.127. The minimum Gasteiger partial charge on any atom is -0.867 e. The van der Waals surface area contributed by atoms with Gasteiger partial charge in [0.1, 0.15) is 0 Å².